The summed E-state index contributed by atoms with van der Waals surface area (Å²) in [5, 5.41) is 9.79. The molecule has 22 heavy (non-hydrogen) atoms. The predicted octanol–water partition coefficient (Wildman–Crippen LogP) is 3.13. The van der Waals surface area contributed by atoms with Gasteiger partial charge >= 0.3 is 7.75 Å². The molecule has 0 bridgehead atoms. The van der Waals surface area contributed by atoms with Gasteiger partial charge in [-0.1, -0.05) is 6.07 Å². The Kier molecular flexibility index (Phi) is 4.02. The summed E-state index contributed by atoms with van der Waals surface area (Å²) >= 11 is 0. The van der Waals surface area contributed by atoms with Crippen molar-refractivity contribution in [2.45, 2.75) is 25.3 Å². The summed E-state index contributed by atoms with van der Waals surface area (Å²) in [6, 6.07) is 5.57. The van der Waals surface area contributed by atoms with Crippen LogP contribution in [0.4, 0.5) is 0 Å². The summed E-state index contributed by atoms with van der Waals surface area (Å²) in [6.07, 6.45) is 2.86. The number of benzene rings is 1. The first kappa shape index (κ1) is 15.5. The number of fused-ring (bicyclic) bond motifs is 1. The van der Waals surface area contributed by atoms with E-state index >= 15 is 0 Å². The molecule has 0 radical (unpaired) electrons. The van der Waals surface area contributed by atoms with Gasteiger partial charge in [-0.2, -0.15) is 4.76 Å². The topological polar surface area (TPSA) is 71.4 Å². The number of amidine groups is 1. The van der Waals surface area contributed by atoms with Gasteiger partial charge in [0.25, 0.3) is 0 Å². The minimum absolute atomic E-state index is 0.150. The molecule has 3 rings (SSSR count). The number of hydrogen-bond acceptors (Lipinski definition) is 4. The number of hydrogen-bond donors (Lipinski definition) is 1. The molecule has 1 aliphatic heterocycles. The van der Waals surface area contributed by atoms with Gasteiger partial charge in [0.15, 0.2) is 0 Å². The van der Waals surface area contributed by atoms with Crippen LogP contribution in [0.3, 0.4) is 0 Å². The lowest BCUT2D eigenvalue weighted by molar-refractivity contribution is 0.274. The van der Waals surface area contributed by atoms with Gasteiger partial charge in [-0.25, -0.2) is 4.57 Å². The fraction of sp³-hybridized carbons (Fsp3) is 0.533. The van der Waals surface area contributed by atoms with E-state index in [1.165, 1.54) is 14.2 Å². The van der Waals surface area contributed by atoms with Crippen molar-refractivity contribution in [1.29, 1.82) is 0 Å². The monoisotopic (exact) mass is 324 g/mol. The Hall–Kier alpha value is -1.36. The Morgan fingerprint density at radius 1 is 1.32 bits per heavy atom. The zero-order valence-electron chi connectivity index (χ0n) is 13.0. The van der Waals surface area contributed by atoms with Crippen molar-refractivity contribution in [3.05, 3.63) is 29.3 Å². The second-order valence-electron chi connectivity index (χ2n) is 5.80. The Bertz CT molecular complexity index is 649. The van der Waals surface area contributed by atoms with E-state index in [0.29, 0.717) is 18.2 Å². The molecule has 120 valence electrons. The average Bonchev–Trinajstić information content (AvgIpc) is 3.33. The third kappa shape index (κ3) is 2.78. The minimum atomic E-state index is -3.45. The molecule has 1 aromatic rings. The van der Waals surface area contributed by atoms with Crippen LogP contribution in [0.15, 0.2) is 23.0 Å². The van der Waals surface area contributed by atoms with E-state index in [-0.39, 0.29) is 11.8 Å². The van der Waals surface area contributed by atoms with Crippen LogP contribution in [0.2, 0.25) is 0 Å². The maximum Gasteiger partial charge on any atom is 0.454 e. The lowest BCUT2D eigenvalue weighted by atomic mass is 9.89. The lowest BCUT2D eigenvalue weighted by Crippen LogP contribution is -2.38. The number of phenols is 1. The van der Waals surface area contributed by atoms with E-state index in [1.54, 1.807) is 6.07 Å². The molecule has 1 aliphatic carbocycles. The quantitative estimate of drug-likeness (QED) is 0.862. The van der Waals surface area contributed by atoms with E-state index < -0.39 is 7.75 Å². The van der Waals surface area contributed by atoms with Gasteiger partial charge in [-0.05, 0) is 42.0 Å². The molecular formula is C15H21N2O4P. The smallest absolute Gasteiger partial charge is 0.454 e. The van der Waals surface area contributed by atoms with Crippen LogP contribution in [0.1, 0.15) is 30.0 Å². The fourth-order valence-corrected chi connectivity index (χ4v) is 3.88. The zero-order chi connectivity index (χ0) is 15.9. The maximum atomic E-state index is 12.3. The van der Waals surface area contributed by atoms with Gasteiger partial charge in [-0.3, -0.25) is 9.05 Å². The summed E-state index contributed by atoms with van der Waals surface area (Å²) in [5.74, 6) is 1.51. The third-order valence-electron chi connectivity index (χ3n) is 4.39. The first-order valence-electron chi connectivity index (χ1n) is 7.32. The molecule has 7 heteroatoms. The summed E-state index contributed by atoms with van der Waals surface area (Å²) < 4.78 is 26.5. The largest absolute Gasteiger partial charge is 0.508 e. The zero-order valence-corrected chi connectivity index (χ0v) is 13.9. The predicted molar refractivity (Wildman–Crippen MR) is 84.1 cm³/mol. The SMILES string of the molecule is COP(=O)(/N=C1/Cc2ccc(O)cc2C(C2CC2)N1C)OC. The van der Waals surface area contributed by atoms with Crippen molar-refractivity contribution in [1.82, 2.24) is 4.90 Å². The van der Waals surface area contributed by atoms with E-state index in [0.717, 1.165) is 24.0 Å². The van der Waals surface area contributed by atoms with Crippen LogP contribution in [0.5, 0.6) is 5.75 Å². The molecule has 1 heterocycles. The van der Waals surface area contributed by atoms with Crippen molar-refractivity contribution in [2.24, 2.45) is 10.7 Å². The fourth-order valence-electron chi connectivity index (χ4n) is 3.07. The standard InChI is InChI=1S/C15H21N2O4P/c1-17-14(16-22(19,20-2)21-3)8-11-6-7-12(18)9-13(11)15(17)10-4-5-10/h6-7,9-10,15,18H,4-5,8H2,1-3H3/b16-14-. The Morgan fingerprint density at radius 3 is 2.59 bits per heavy atom. The Morgan fingerprint density at radius 2 is 2.00 bits per heavy atom. The highest BCUT2D eigenvalue weighted by molar-refractivity contribution is 7.52. The number of nitrogens with zero attached hydrogens (tertiary/aromatic N) is 2. The minimum Gasteiger partial charge on any atom is -0.508 e. The second-order valence-corrected chi connectivity index (χ2v) is 7.67. The highest BCUT2D eigenvalue weighted by atomic mass is 31.2. The molecule has 1 atom stereocenters. The first-order chi connectivity index (χ1) is 10.5. The molecular weight excluding hydrogens is 303 g/mol. The van der Waals surface area contributed by atoms with Crippen molar-refractivity contribution < 1.29 is 18.7 Å². The highest BCUT2D eigenvalue weighted by Gasteiger charge is 2.41. The van der Waals surface area contributed by atoms with Crippen molar-refractivity contribution in [2.75, 3.05) is 21.3 Å². The van der Waals surface area contributed by atoms with Crippen LogP contribution in [-0.2, 0) is 20.0 Å². The second kappa shape index (κ2) is 5.69. The Balaban J connectivity index is 2.04. The van der Waals surface area contributed by atoms with E-state index in [4.69, 9.17) is 9.05 Å². The summed E-state index contributed by atoms with van der Waals surface area (Å²) in [5.41, 5.74) is 2.24. The Labute approximate surface area is 130 Å². The number of aromatic hydroxyl groups is 1. The van der Waals surface area contributed by atoms with Gasteiger partial charge in [0, 0.05) is 27.7 Å². The van der Waals surface area contributed by atoms with Gasteiger partial charge in [0.2, 0.25) is 0 Å². The summed E-state index contributed by atoms with van der Waals surface area (Å²) in [4.78, 5) is 2.05. The normalized spacial score (nSPS) is 23.7. The molecule has 0 aromatic heterocycles. The molecule has 1 saturated carbocycles. The van der Waals surface area contributed by atoms with Crippen molar-refractivity contribution in [3.8, 4) is 5.75 Å². The molecule has 6 nitrogen and oxygen atoms in total. The number of rotatable bonds is 4. The van der Waals surface area contributed by atoms with Gasteiger partial charge < -0.3 is 10.0 Å². The van der Waals surface area contributed by atoms with Gasteiger partial charge in [-0.15, -0.1) is 0 Å². The van der Waals surface area contributed by atoms with E-state index in [1.807, 2.05) is 24.1 Å². The molecule has 0 spiro atoms. The maximum absolute atomic E-state index is 12.3. The molecule has 1 fully saturated rings. The average molecular weight is 324 g/mol. The van der Waals surface area contributed by atoms with Gasteiger partial charge in [0.05, 0.1) is 6.04 Å². The van der Waals surface area contributed by atoms with Crippen LogP contribution in [0.25, 0.3) is 0 Å². The molecule has 2 aliphatic rings. The van der Waals surface area contributed by atoms with E-state index in [9.17, 15) is 9.67 Å². The summed E-state index contributed by atoms with van der Waals surface area (Å²) in [6.45, 7) is 0. The molecule has 0 saturated heterocycles. The van der Waals surface area contributed by atoms with Crippen molar-refractivity contribution in [3.63, 3.8) is 0 Å². The van der Waals surface area contributed by atoms with Crippen LogP contribution < -0.4 is 0 Å². The molecule has 1 N–H and O–H groups in total. The summed E-state index contributed by atoms with van der Waals surface area (Å²) in [7, 11) is 1.17. The van der Waals surface area contributed by atoms with Crippen LogP contribution in [-0.4, -0.2) is 37.1 Å². The number of phenolic OH excluding ortho intramolecular Hbond substituents is 1. The third-order valence-corrected chi connectivity index (χ3v) is 5.79. The molecule has 1 aromatic carbocycles. The number of likely N-dealkylation sites (N-methyl/N-ethyl adjacent to an activating group) is 1. The van der Waals surface area contributed by atoms with E-state index in [2.05, 4.69) is 4.76 Å². The molecule has 1 unspecified atom stereocenters. The van der Waals surface area contributed by atoms with Crippen LogP contribution in [0, 0.1) is 5.92 Å². The highest BCUT2D eigenvalue weighted by Crippen LogP contribution is 2.51. The van der Waals surface area contributed by atoms with Gasteiger partial charge in [0.1, 0.15) is 11.6 Å². The van der Waals surface area contributed by atoms with Crippen LogP contribution >= 0.6 is 7.75 Å². The molecule has 0 amide bonds. The first-order valence-corrected chi connectivity index (χ1v) is 8.82. The van der Waals surface area contributed by atoms with Crippen molar-refractivity contribution >= 4 is 13.6 Å². The lowest BCUT2D eigenvalue weighted by Gasteiger charge is -2.37.